The third-order valence-electron chi connectivity index (χ3n) is 3.42. The molecule has 0 fully saturated rings. The van der Waals surface area contributed by atoms with Gasteiger partial charge < -0.3 is 10.1 Å². The lowest BCUT2D eigenvalue weighted by Gasteiger charge is -2.16. The van der Waals surface area contributed by atoms with Crippen LogP contribution in [0.1, 0.15) is 34.5 Å². The highest BCUT2D eigenvalue weighted by atomic mass is 19.4. The molecule has 0 aliphatic heterocycles. The van der Waals surface area contributed by atoms with E-state index in [4.69, 9.17) is 4.74 Å². The highest BCUT2D eigenvalue weighted by Crippen LogP contribution is 2.29. The van der Waals surface area contributed by atoms with Crippen molar-refractivity contribution in [1.82, 2.24) is 5.32 Å². The molecular formula is C17H16F3NO2. The highest BCUT2D eigenvalue weighted by Gasteiger charge is 2.30. The van der Waals surface area contributed by atoms with Gasteiger partial charge in [-0.15, -0.1) is 0 Å². The summed E-state index contributed by atoms with van der Waals surface area (Å²) in [6, 6.07) is 10.9. The fraction of sp³-hybridized carbons (Fsp3) is 0.235. The maximum atomic E-state index is 12.5. The maximum absolute atomic E-state index is 12.5. The van der Waals surface area contributed by atoms with E-state index in [0.717, 1.165) is 12.1 Å². The molecule has 1 atom stereocenters. The molecule has 6 heteroatoms. The van der Waals surface area contributed by atoms with Crippen molar-refractivity contribution in [2.75, 3.05) is 7.11 Å². The van der Waals surface area contributed by atoms with Gasteiger partial charge in [0.1, 0.15) is 5.75 Å². The molecule has 0 radical (unpaired) electrons. The Morgan fingerprint density at radius 2 is 1.78 bits per heavy atom. The molecule has 2 rings (SSSR count). The van der Waals surface area contributed by atoms with Crippen LogP contribution in [-0.4, -0.2) is 13.0 Å². The average molecular weight is 323 g/mol. The largest absolute Gasteiger partial charge is 0.497 e. The van der Waals surface area contributed by atoms with E-state index in [1.807, 2.05) is 0 Å². The molecule has 0 aromatic heterocycles. The van der Waals surface area contributed by atoms with Gasteiger partial charge in [-0.25, -0.2) is 0 Å². The number of ether oxygens (including phenoxy) is 1. The first kappa shape index (κ1) is 16.9. The lowest BCUT2D eigenvalue weighted by atomic mass is 10.1. The summed E-state index contributed by atoms with van der Waals surface area (Å²) < 4.78 is 42.7. The predicted molar refractivity (Wildman–Crippen MR) is 80.3 cm³/mol. The Hall–Kier alpha value is -2.50. The molecular weight excluding hydrogens is 307 g/mol. The minimum atomic E-state index is -4.37. The molecule has 2 aromatic rings. The van der Waals surface area contributed by atoms with E-state index in [1.165, 1.54) is 19.2 Å². The molecule has 23 heavy (non-hydrogen) atoms. The molecule has 0 aliphatic rings. The summed E-state index contributed by atoms with van der Waals surface area (Å²) in [5.41, 5.74) is 0.296. The second-order valence-corrected chi connectivity index (χ2v) is 5.05. The Balaban J connectivity index is 2.09. The van der Waals surface area contributed by atoms with Gasteiger partial charge in [0.15, 0.2) is 0 Å². The topological polar surface area (TPSA) is 38.3 Å². The monoisotopic (exact) mass is 323 g/mol. The molecule has 0 aliphatic carbocycles. The fourth-order valence-electron chi connectivity index (χ4n) is 2.09. The first-order valence-electron chi connectivity index (χ1n) is 6.93. The van der Waals surface area contributed by atoms with Gasteiger partial charge in [-0.2, -0.15) is 13.2 Å². The number of benzene rings is 2. The third-order valence-corrected chi connectivity index (χ3v) is 3.42. The van der Waals surface area contributed by atoms with E-state index in [2.05, 4.69) is 5.32 Å². The number of alkyl halides is 3. The van der Waals surface area contributed by atoms with E-state index >= 15 is 0 Å². The van der Waals surface area contributed by atoms with E-state index in [9.17, 15) is 18.0 Å². The van der Waals surface area contributed by atoms with Crippen molar-refractivity contribution in [1.29, 1.82) is 0 Å². The second kappa shape index (κ2) is 6.73. The van der Waals surface area contributed by atoms with Gasteiger partial charge in [-0.05, 0) is 42.8 Å². The zero-order valence-corrected chi connectivity index (χ0v) is 12.6. The van der Waals surface area contributed by atoms with Crippen LogP contribution in [0.5, 0.6) is 5.75 Å². The normalized spacial score (nSPS) is 12.6. The number of carbonyl (C=O) groups excluding carboxylic acids is 1. The van der Waals surface area contributed by atoms with Crippen LogP contribution in [-0.2, 0) is 6.18 Å². The van der Waals surface area contributed by atoms with E-state index in [-0.39, 0.29) is 5.91 Å². The molecule has 3 nitrogen and oxygen atoms in total. The van der Waals surface area contributed by atoms with Crippen LogP contribution in [0, 0.1) is 0 Å². The molecule has 0 saturated carbocycles. The number of hydrogen-bond acceptors (Lipinski definition) is 2. The van der Waals surface area contributed by atoms with Crippen molar-refractivity contribution in [2.24, 2.45) is 0 Å². The summed E-state index contributed by atoms with van der Waals surface area (Å²) in [7, 11) is 1.50. The molecule has 2 aromatic carbocycles. The van der Waals surface area contributed by atoms with Crippen LogP contribution in [0.15, 0.2) is 48.5 Å². The summed E-state index contributed by atoms with van der Waals surface area (Å²) in [5, 5.41) is 2.75. The summed E-state index contributed by atoms with van der Waals surface area (Å²) >= 11 is 0. The van der Waals surface area contributed by atoms with Crippen LogP contribution < -0.4 is 10.1 Å². The van der Waals surface area contributed by atoms with Crippen LogP contribution in [0.2, 0.25) is 0 Å². The first-order chi connectivity index (χ1) is 10.8. The molecule has 0 unspecified atom stereocenters. The van der Waals surface area contributed by atoms with Gasteiger partial charge in [0.25, 0.3) is 5.91 Å². The van der Waals surface area contributed by atoms with Crippen molar-refractivity contribution in [3.63, 3.8) is 0 Å². The zero-order valence-electron chi connectivity index (χ0n) is 12.6. The molecule has 0 saturated heterocycles. The minimum absolute atomic E-state index is 0.323. The Morgan fingerprint density at radius 1 is 1.13 bits per heavy atom. The SMILES string of the molecule is COc1cccc(C(=O)N[C@@H](C)c2ccc(C(F)(F)F)cc2)c1. The van der Waals surface area contributed by atoms with E-state index in [0.29, 0.717) is 16.9 Å². The average Bonchev–Trinajstić information content (AvgIpc) is 2.54. The number of hydrogen-bond donors (Lipinski definition) is 1. The molecule has 1 amide bonds. The molecule has 1 N–H and O–H groups in total. The molecule has 122 valence electrons. The quantitative estimate of drug-likeness (QED) is 0.915. The molecule has 0 spiro atoms. The molecule has 0 heterocycles. The maximum Gasteiger partial charge on any atom is 0.416 e. The van der Waals surface area contributed by atoms with Gasteiger partial charge in [0.05, 0.1) is 18.7 Å². The van der Waals surface area contributed by atoms with Gasteiger partial charge in [-0.3, -0.25) is 4.79 Å². The lowest BCUT2D eigenvalue weighted by molar-refractivity contribution is -0.137. The Kier molecular flexibility index (Phi) is 4.93. The number of rotatable bonds is 4. The minimum Gasteiger partial charge on any atom is -0.497 e. The number of halogens is 3. The number of nitrogens with one attached hydrogen (secondary N) is 1. The Labute approximate surface area is 132 Å². The first-order valence-corrected chi connectivity index (χ1v) is 6.93. The summed E-state index contributed by atoms with van der Waals surface area (Å²) in [5.74, 6) is 0.233. The zero-order chi connectivity index (χ0) is 17.0. The fourth-order valence-corrected chi connectivity index (χ4v) is 2.09. The highest BCUT2D eigenvalue weighted by molar-refractivity contribution is 5.94. The summed E-state index contributed by atoms with van der Waals surface area (Å²) in [4.78, 5) is 12.2. The van der Waals surface area contributed by atoms with Gasteiger partial charge in [0, 0.05) is 5.56 Å². The van der Waals surface area contributed by atoms with Crippen molar-refractivity contribution < 1.29 is 22.7 Å². The Bertz CT molecular complexity index is 681. The van der Waals surface area contributed by atoms with Gasteiger partial charge >= 0.3 is 6.18 Å². The summed E-state index contributed by atoms with van der Waals surface area (Å²) in [6.45, 7) is 1.71. The van der Waals surface area contributed by atoms with Crippen molar-refractivity contribution in [3.8, 4) is 5.75 Å². The third kappa shape index (κ3) is 4.25. The van der Waals surface area contributed by atoms with Crippen molar-refractivity contribution in [2.45, 2.75) is 19.1 Å². The number of methoxy groups -OCH3 is 1. The van der Waals surface area contributed by atoms with Gasteiger partial charge in [0.2, 0.25) is 0 Å². The lowest BCUT2D eigenvalue weighted by Crippen LogP contribution is -2.26. The van der Waals surface area contributed by atoms with Crippen molar-refractivity contribution in [3.05, 3.63) is 65.2 Å². The van der Waals surface area contributed by atoms with E-state index in [1.54, 1.807) is 31.2 Å². The van der Waals surface area contributed by atoms with Crippen molar-refractivity contribution >= 4 is 5.91 Å². The smallest absolute Gasteiger partial charge is 0.416 e. The molecule has 0 bridgehead atoms. The van der Waals surface area contributed by atoms with Gasteiger partial charge in [-0.1, -0.05) is 18.2 Å². The number of carbonyl (C=O) groups is 1. The Morgan fingerprint density at radius 3 is 2.35 bits per heavy atom. The summed E-state index contributed by atoms with van der Waals surface area (Å²) in [6.07, 6.45) is -4.37. The van der Waals surface area contributed by atoms with Crippen LogP contribution in [0.3, 0.4) is 0 Å². The second-order valence-electron chi connectivity index (χ2n) is 5.05. The standard InChI is InChI=1S/C17H16F3NO2/c1-11(12-6-8-14(9-7-12)17(18,19)20)21-16(22)13-4-3-5-15(10-13)23-2/h3-11H,1-2H3,(H,21,22)/t11-/m0/s1. The predicted octanol–water partition coefficient (Wildman–Crippen LogP) is 4.21. The van der Waals surface area contributed by atoms with Crippen LogP contribution in [0.4, 0.5) is 13.2 Å². The van der Waals surface area contributed by atoms with E-state index < -0.39 is 17.8 Å². The number of amides is 1. The van der Waals surface area contributed by atoms with Crippen LogP contribution in [0.25, 0.3) is 0 Å². The van der Waals surface area contributed by atoms with Crippen LogP contribution >= 0.6 is 0 Å².